The fraction of sp³-hybridized carbons (Fsp3) is 0.750. The van der Waals surface area contributed by atoms with Crippen molar-refractivity contribution in [3.05, 3.63) is 0 Å². The van der Waals surface area contributed by atoms with Crippen LogP contribution in [0.4, 0.5) is 0 Å². The van der Waals surface area contributed by atoms with Gasteiger partial charge >= 0.3 is 5.97 Å². The Morgan fingerprint density at radius 2 is 2.00 bits per heavy atom. The van der Waals surface area contributed by atoms with Crippen LogP contribution in [0.15, 0.2) is 0 Å². The molecular formula is C8H15NO3. The number of carboxylic acids is 1. The molecule has 0 aromatic carbocycles. The summed E-state index contributed by atoms with van der Waals surface area (Å²) in [6.45, 7) is 2.24. The minimum atomic E-state index is -0.884. The molecule has 0 rings (SSSR count). The van der Waals surface area contributed by atoms with E-state index < -0.39 is 5.97 Å². The molecule has 0 fully saturated rings. The molecule has 0 radical (unpaired) electrons. The third-order valence-corrected chi connectivity index (χ3v) is 1.42. The highest BCUT2D eigenvalue weighted by atomic mass is 16.4. The van der Waals surface area contributed by atoms with Crippen molar-refractivity contribution in [3.8, 4) is 0 Å². The molecule has 70 valence electrons. The lowest BCUT2D eigenvalue weighted by atomic mass is 10.2. The third-order valence-electron chi connectivity index (χ3n) is 1.42. The van der Waals surface area contributed by atoms with Gasteiger partial charge in [-0.2, -0.15) is 0 Å². The van der Waals surface area contributed by atoms with Crippen LogP contribution in [-0.2, 0) is 9.59 Å². The third kappa shape index (κ3) is 7.05. The normalized spacial score (nSPS) is 9.42. The Bertz CT molecular complexity index is 156. The highest BCUT2D eigenvalue weighted by Gasteiger charge is 2.00. The molecule has 0 aliphatic heterocycles. The van der Waals surface area contributed by atoms with Crippen molar-refractivity contribution in [2.24, 2.45) is 0 Å². The van der Waals surface area contributed by atoms with E-state index in [9.17, 15) is 9.59 Å². The van der Waals surface area contributed by atoms with E-state index in [4.69, 9.17) is 5.11 Å². The molecule has 0 unspecified atom stereocenters. The molecule has 0 aliphatic carbocycles. The lowest BCUT2D eigenvalue weighted by Crippen LogP contribution is -2.25. The van der Waals surface area contributed by atoms with Crippen molar-refractivity contribution >= 4 is 11.9 Å². The average molecular weight is 173 g/mol. The first-order valence-electron chi connectivity index (χ1n) is 4.15. The molecule has 0 aliphatic rings. The fourth-order valence-corrected chi connectivity index (χ4v) is 0.735. The number of nitrogens with one attached hydrogen (secondary N) is 1. The van der Waals surface area contributed by atoms with Crippen molar-refractivity contribution in [1.82, 2.24) is 5.32 Å². The summed E-state index contributed by atoms with van der Waals surface area (Å²) in [6, 6.07) is 0. The lowest BCUT2D eigenvalue weighted by molar-refractivity contribution is -0.136. The fourth-order valence-electron chi connectivity index (χ4n) is 0.735. The Hall–Kier alpha value is -1.06. The number of hydrogen-bond donors (Lipinski definition) is 2. The minimum Gasteiger partial charge on any atom is -0.481 e. The van der Waals surface area contributed by atoms with Gasteiger partial charge in [-0.15, -0.1) is 0 Å². The quantitative estimate of drug-likeness (QED) is 0.623. The molecule has 0 saturated carbocycles. The van der Waals surface area contributed by atoms with Gasteiger partial charge in [-0.05, 0) is 6.42 Å². The topological polar surface area (TPSA) is 66.4 Å². The summed E-state index contributed by atoms with van der Waals surface area (Å²) in [5.74, 6) is -0.941. The molecule has 12 heavy (non-hydrogen) atoms. The van der Waals surface area contributed by atoms with E-state index in [2.05, 4.69) is 5.32 Å². The summed E-state index contributed by atoms with van der Waals surface area (Å²) in [5, 5.41) is 10.8. The second-order valence-corrected chi connectivity index (χ2v) is 2.60. The maximum Gasteiger partial charge on any atom is 0.305 e. The Balaban J connectivity index is 3.25. The first-order chi connectivity index (χ1) is 5.66. The van der Waals surface area contributed by atoms with E-state index in [0.29, 0.717) is 6.42 Å². The van der Waals surface area contributed by atoms with Gasteiger partial charge in [0, 0.05) is 13.0 Å². The summed E-state index contributed by atoms with van der Waals surface area (Å²) in [6.07, 6.45) is 2.33. The first-order valence-corrected chi connectivity index (χ1v) is 4.15. The summed E-state index contributed by atoms with van der Waals surface area (Å²) in [7, 11) is 0. The Morgan fingerprint density at radius 1 is 1.33 bits per heavy atom. The number of carbonyl (C=O) groups excluding carboxylic acids is 1. The first kappa shape index (κ1) is 10.9. The van der Waals surface area contributed by atoms with Crippen LogP contribution in [0.3, 0.4) is 0 Å². The Labute approximate surface area is 72.0 Å². The zero-order chi connectivity index (χ0) is 9.40. The van der Waals surface area contributed by atoms with Gasteiger partial charge in [0.15, 0.2) is 0 Å². The SMILES string of the molecule is CCCCC(=O)NCCC(=O)O. The van der Waals surface area contributed by atoms with E-state index in [1.807, 2.05) is 6.92 Å². The number of rotatable bonds is 6. The minimum absolute atomic E-state index is 0.00212. The second kappa shape index (κ2) is 6.64. The maximum absolute atomic E-state index is 10.9. The molecule has 0 aromatic heterocycles. The summed E-state index contributed by atoms with van der Waals surface area (Å²) >= 11 is 0. The predicted octanol–water partition coefficient (Wildman–Crippen LogP) is 0.767. The smallest absolute Gasteiger partial charge is 0.305 e. The van der Waals surface area contributed by atoms with Gasteiger partial charge in [-0.25, -0.2) is 0 Å². The van der Waals surface area contributed by atoms with Crippen LogP contribution in [0.5, 0.6) is 0 Å². The van der Waals surface area contributed by atoms with Crippen LogP contribution in [0.1, 0.15) is 32.6 Å². The number of carboxylic acid groups (broad SMARTS) is 1. The van der Waals surface area contributed by atoms with E-state index in [1.54, 1.807) is 0 Å². The van der Waals surface area contributed by atoms with E-state index in [-0.39, 0.29) is 18.9 Å². The summed E-state index contributed by atoms with van der Waals surface area (Å²) in [4.78, 5) is 20.9. The molecule has 0 saturated heterocycles. The summed E-state index contributed by atoms with van der Waals surface area (Å²) in [5.41, 5.74) is 0. The van der Waals surface area contributed by atoms with Crippen LogP contribution in [0.25, 0.3) is 0 Å². The van der Waals surface area contributed by atoms with E-state index >= 15 is 0 Å². The van der Waals surface area contributed by atoms with Gasteiger partial charge < -0.3 is 10.4 Å². The highest BCUT2D eigenvalue weighted by Crippen LogP contribution is 1.92. The highest BCUT2D eigenvalue weighted by molar-refractivity contribution is 5.76. The van der Waals surface area contributed by atoms with Crippen molar-refractivity contribution < 1.29 is 14.7 Å². The van der Waals surface area contributed by atoms with Crippen molar-refractivity contribution in [1.29, 1.82) is 0 Å². The monoisotopic (exact) mass is 173 g/mol. The zero-order valence-electron chi connectivity index (χ0n) is 7.30. The predicted molar refractivity (Wildman–Crippen MR) is 44.8 cm³/mol. The number of amides is 1. The van der Waals surface area contributed by atoms with Crippen LogP contribution >= 0.6 is 0 Å². The molecule has 4 heteroatoms. The van der Waals surface area contributed by atoms with Gasteiger partial charge in [0.1, 0.15) is 0 Å². The van der Waals surface area contributed by atoms with Crippen LogP contribution in [-0.4, -0.2) is 23.5 Å². The molecule has 1 amide bonds. The molecular weight excluding hydrogens is 158 g/mol. The Kier molecular flexibility index (Phi) is 6.05. The van der Waals surface area contributed by atoms with Crippen LogP contribution in [0.2, 0.25) is 0 Å². The molecule has 2 N–H and O–H groups in total. The number of aliphatic carboxylic acids is 1. The zero-order valence-corrected chi connectivity index (χ0v) is 7.30. The van der Waals surface area contributed by atoms with Gasteiger partial charge in [0.25, 0.3) is 0 Å². The number of hydrogen-bond acceptors (Lipinski definition) is 2. The van der Waals surface area contributed by atoms with Crippen molar-refractivity contribution in [3.63, 3.8) is 0 Å². The maximum atomic E-state index is 10.9. The molecule has 4 nitrogen and oxygen atoms in total. The number of unbranched alkanes of at least 4 members (excludes halogenated alkanes) is 1. The Morgan fingerprint density at radius 3 is 2.50 bits per heavy atom. The van der Waals surface area contributed by atoms with E-state index in [0.717, 1.165) is 12.8 Å². The standard InChI is InChI=1S/C8H15NO3/c1-2-3-4-7(10)9-6-5-8(11)12/h2-6H2,1H3,(H,9,10)(H,11,12). The van der Waals surface area contributed by atoms with Crippen LogP contribution in [0, 0.1) is 0 Å². The molecule has 0 spiro atoms. The molecule has 0 heterocycles. The average Bonchev–Trinajstić information content (AvgIpc) is 2.00. The molecule has 0 bridgehead atoms. The number of carbonyl (C=O) groups is 2. The second-order valence-electron chi connectivity index (χ2n) is 2.60. The molecule has 0 aromatic rings. The lowest BCUT2D eigenvalue weighted by Gasteiger charge is -2.01. The van der Waals surface area contributed by atoms with Gasteiger partial charge in [-0.3, -0.25) is 9.59 Å². The largest absolute Gasteiger partial charge is 0.481 e. The summed E-state index contributed by atoms with van der Waals surface area (Å²) < 4.78 is 0. The van der Waals surface area contributed by atoms with Crippen LogP contribution < -0.4 is 5.32 Å². The van der Waals surface area contributed by atoms with Gasteiger partial charge in [0.2, 0.25) is 5.91 Å². The van der Waals surface area contributed by atoms with E-state index in [1.165, 1.54) is 0 Å². The van der Waals surface area contributed by atoms with Crippen molar-refractivity contribution in [2.75, 3.05) is 6.54 Å². The van der Waals surface area contributed by atoms with Gasteiger partial charge in [0.05, 0.1) is 6.42 Å². The van der Waals surface area contributed by atoms with Gasteiger partial charge in [-0.1, -0.05) is 13.3 Å². The van der Waals surface area contributed by atoms with Crippen molar-refractivity contribution in [2.45, 2.75) is 32.6 Å². The molecule has 0 atom stereocenters.